The number of aromatic nitrogens is 3. The van der Waals surface area contributed by atoms with Crippen molar-refractivity contribution >= 4 is 0 Å². The molecule has 2 aromatic rings. The molecule has 1 unspecified atom stereocenters. The lowest BCUT2D eigenvalue weighted by atomic mass is 9.85. The van der Waals surface area contributed by atoms with Crippen molar-refractivity contribution in [3.63, 3.8) is 0 Å². The summed E-state index contributed by atoms with van der Waals surface area (Å²) in [5.74, 6) is 0.962. The third-order valence-electron chi connectivity index (χ3n) is 3.46. The summed E-state index contributed by atoms with van der Waals surface area (Å²) >= 11 is 0. The van der Waals surface area contributed by atoms with E-state index >= 15 is 0 Å². The number of nitrogens with zero attached hydrogens (tertiary/aromatic N) is 2. The molecule has 0 amide bonds. The first-order valence-electron chi connectivity index (χ1n) is 7.67. The zero-order chi connectivity index (χ0) is 15.1. The van der Waals surface area contributed by atoms with E-state index < -0.39 is 0 Å². The number of rotatable bonds is 7. The van der Waals surface area contributed by atoms with Crippen molar-refractivity contribution < 1.29 is 0 Å². The zero-order valence-electron chi connectivity index (χ0n) is 13.3. The molecular formula is C17H26N4. The van der Waals surface area contributed by atoms with Crippen LogP contribution in [0.5, 0.6) is 0 Å². The maximum Gasteiger partial charge on any atom is 0.137 e. The van der Waals surface area contributed by atoms with Gasteiger partial charge in [0.05, 0.1) is 0 Å². The molecule has 1 atom stereocenters. The van der Waals surface area contributed by atoms with Gasteiger partial charge in [0, 0.05) is 12.5 Å². The second-order valence-electron chi connectivity index (χ2n) is 6.72. The van der Waals surface area contributed by atoms with E-state index in [-0.39, 0.29) is 0 Å². The van der Waals surface area contributed by atoms with Crippen LogP contribution in [-0.2, 0) is 6.42 Å². The van der Waals surface area contributed by atoms with E-state index in [4.69, 9.17) is 0 Å². The van der Waals surface area contributed by atoms with Gasteiger partial charge in [0.15, 0.2) is 0 Å². The molecule has 0 aliphatic rings. The number of hydrogen-bond acceptors (Lipinski definition) is 3. The van der Waals surface area contributed by atoms with Crippen LogP contribution in [0.2, 0.25) is 0 Å². The minimum atomic E-state index is 0.304. The molecule has 0 saturated heterocycles. The Morgan fingerprint density at radius 2 is 1.95 bits per heavy atom. The predicted molar refractivity (Wildman–Crippen MR) is 86.0 cm³/mol. The smallest absolute Gasteiger partial charge is 0.137 e. The summed E-state index contributed by atoms with van der Waals surface area (Å²) in [5.41, 5.74) is 1.67. The Morgan fingerprint density at radius 3 is 2.57 bits per heavy atom. The highest BCUT2D eigenvalue weighted by Gasteiger charge is 2.19. The standard InChI is InChI=1S/C17H26N4/c1-17(2,3)12-15(14-8-5-4-6-9-14)18-11-7-10-16-19-13-20-21-16/h4-6,8-9,13,15,18H,7,10-12H2,1-3H3,(H,19,20,21). The van der Waals surface area contributed by atoms with E-state index in [1.807, 2.05) is 0 Å². The van der Waals surface area contributed by atoms with Gasteiger partial charge in [0.25, 0.3) is 0 Å². The molecule has 2 rings (SSSR count). The van der Waals surface area contributed by atoms with Gasteiger partial charge in [-0.2, -0.15) is 5.10 Å². The van der Waals surface area contributed by atoms with Crippen molar-refractivity contribution in [2.75, 3.05) is 6.54 Å². The molecule has 114 valence electrons. The summed E-state index contributed by atoms with van der Waals surface area (Å²) in [6.45, 7) is 7.85. The van der Waals surface area contributed by atoms with Gasteiger partial charge in [-0.1, -0.05) is 51.1 Å². The summed E-state index contributed by atoms with van der Waals surface area (Å²) in [4.78, 5) is 4.16. The molecule has 1 aromatic heterocycles. The molecule has 0 aliphatic carbocycles. The SMILES string of the molecule is CC(C)(C)CC(NCCCc1ncn[nH]1)c1ccccc1. The highest BCUT2D eigenvalue weighted by atomic mass is 15.2. The molecule has 0 fully saturated rings. The van der Waals surface area contributed by atoms with Gasteiger partial charge < -0.3 is 5.32 Å². The largest absolute Gasteiger partial charge is 0.310 e. The van der Waals surface area contributed by atoms with Gasteiger partial charge in [-0.25, -0.2) is 4.98 Å². The van der Waals surface area contributed by atoms with Crippen molar-refractivity contribution in [1.82, 2.24) is 20.5 Å². The maximum atomic E-state index is 4.16. The van der Waals surface area contributed by atoms with Crippen molar-refractivity contribution in [2.24, 2.45) is 5.41 Å². The molecule has 21 heavy (non-hydrogen) atoms. The molecular weight excluding hydrogens is 260 g/mol. The van der Waals surface area contributed by atoms with E-state index in [9.17, 15) is 0 Å². The molecule has 4 nitrogen and oxygen atoms in total. The van der Waals surface area contributed by atoms with Crippen molar-refractivity contribution in [2.45, 2.75) is 46.1 Å². The van der Waals surface area contributed by atoms with Crippen LogP contribution in [0.1, 0.15) is 51.0 Å². The normalized spacial score (nSPS) is 13.3. The number of benzene rings is 1. The van der Waals surface area contributed by atoms with Gasteiger partial charge in [0.1, 0.15) is 12.2 Å². The van der Waals surface area contributed by atoms with Gasteiger partial charge in [-0.15, -0.1) is 0 Å². The third kappa shape index (κ3) is 5.68. The second-order valence-corrected chi connectivity index (χ2v) is 6.72. The fraction of sp³-hybridized carbons (Fsp3) is 0.529. The lowest BCUT2D eigenvalue weighted by Gasteiger charge is -2.27. The molecule has 2 N–H and O–H groups in total. The van der Waals surface area contributed by atoms with Gasteiger partial charge in [0.2, 0.25) is 0 Å². The summed E-state index contributed by atoms with van der Waals surface area (Å²) < 4.78 is 0. The Hall–Kier alpha value is -1.68. The first kappa shape index (κ1) is 15.7. The minimum Gasteiger partial charge on any atom is -0.310 e. The molecule has 0 aliphatic heterocycles. The average molecular weight is 286 g/mol. The third-order valence-corrected chi connectivity index (χ3v) is 3.46. The summed E-state index contributed by atoms with van der Waals surface area (Å²) in [5, 5.41) is 10.5. The summed E-state index contributed by atoms with van der Waals surface area (Å²) in [6, 6.07) is 11.1. The van der Waals surface area contributed by atoms with Crippen LogP contribution >= 0.6 is 0 Å². The molecule has 1 aromatic carbocycles. The topological polar surface area (TPSA) is 53.6 Å². The van der Waals surface area contributed by atoms with Gasteiger partial charge in [-0.3, -0.25) is 5.10 Å². The molecule has 0 bridgehead atoms. The van der Waals surface area contributed by atoms with Gasteiger partial charge in [-0.05, 0) is 30.4 Å². The monoisotopic (exact) mass is 286 g/mol. The van der Waals surface area contributed by atoms with E-state index in [1.54, 1.807) is 6.33 Å². The lowest BCUT2D eigenvalue weighted by molar-refractivity contribution is 0.310. The molecule has 1 heterocycles. The Balaban J connectivity index is 1.87. The Bertz CT molecular complexity index is 499. The van der Waals surface area contributed by atoms with Crippen LogP contribution in [0, 0.1) is 5.41 Å². The van der Waals surface area contributed by atoms with Crippen LogP contribution in [-0.4, -0.2) is 21.7 Å². The quantitative estimate of drug-likeness (QED) is 0.766. The molecule has 0 spiro atoms. The Kier molecular flexibility index (Phi) is 5.51. The van der Waals surface area contributed by atoms with Crippen LogP contribution < -0.4 is 5.32 Å². The second kappa shape index (κ2) is 7.36. The predicted octanol–water partition coefficient (Wildman–Crippen LogP) is 3.50. The molecule has 4 heteroatoms. The van der Waals surface area contributed by atoms with Crippen LogP contribution in [0.4, 0.5) is 0 Å². The maximum absolute atomic E-state index is 4.16. The highest BCUT2D eigenvalue weighted by molar-refractivity contribution is 5.19. The average Bonchev–Trinajstić information content (AvgIpc) is 2.95. The number of aryl methyl sites for hydroxylation is 1. The highest BCUT2D eigenvalue weighted by Crippen LogP contribution is 2.29. The molecule has 0 radical (unpaired) electrons. The van der Waals surface area contributed by atoms with E-state index in [0.29, 0.717) is 11.5 Å². The van der Waals surface area contributed by atoms with Crippen LogP contribution in [0.15, 0.2) is 36.7 Å². The Morgan fingerprint density at radius 1 is 1.19 bits per heavy atom. The van der Waals surface area contributed by atoms with E-state index in [1.165, 1.54) is 5.56 Å². The van der Waals surface area contributed by atoms with Crippen LogP contribution in [0.3, 0.4) is 0 Å². The lowest BCUT2D eigenvalue weighted by Crippen LogP contribution is -2.27. The van der Waals surface area contributed by atoms with Crippen molar-refractivity contribution in [3.8, 4) is 0 Å². The Labute approximate surface area is 127 Å². The summed E-state index contributed by atoms with van der Waals surface area (Å²) in [6.07, 6.45) is 4.68. The number of nitrogens with one attached hydrogen (secondary N) is 2. The van der Waals surface area contributed by atoms with E-state index in [0.717, 1.165) is 31.6 Å². The summed E-state index contributed by atoms with van der Waals surface area (Å²) in [7, 11) is 0. The van der Waals surface area contributed by atoms with Crippen molar-refractivity contribution in [3.05, 3.63) is 48.0 Å². The molecule has 0 saturated carbocycles. The van der Waals surface area contributed by atoms with Crippen LogP contribution in [0.25, 0.3) is 0 Å². The van der Waals surface area contributed by atoms with Gasteiger partial charge >= 0.3 is 0 Å². The first-order valence-corrected chi connectivity index (χ1v) is 7.67. The van der Waals surface area contributed by atoms with Crippen molar-refractivity contribution in [1.29, 1.82) is 0 Å². The fourth-order valence-corrected chi connectivity index (χ4v) is 2.49. The first-order chi connectivity index (χ1) is 10.0. The number of H-pyrrole nitrogens is 1. The zero-order valence-corrected chi connectivity index (χ0v) is 13.3. The minimum absolute atomic E-state index is 0.304. The fourth-order valence-electron chi connectivity index (χ4n) is 2.49. The van der Waals surface area contributed by atoms with E-state index in [2.05, 4.69) is 71.6 Å². The number of hydrogen-bond donors (Lipinski definition) is 2. The number of aromatic amines is 1.